The van der Waals surface area contributed by atoms with Crippen LogP contribution in [-0.4, -0.2) is 15.9 Å². The molecule has 0 saturated heterocycles. The predicted molar refractivity (Wildman–Crippen MR) is 76.9 cm³/mol. The number of halogens is 1. The van der Waals surface area contributed by atoms with Crippen LogP contribution < -0.4 is 4.74 Å². The lowest BCUT2D eigenvalue weighted by molar-refractivity contribution is 0.101. The average Bonchev–Trinajstić information content (AvgIpc) is 2.86. The van der Waals surface area contributed by atoms with Crippen LogP contribution in [0.1, 0.15) is 48.8 Å². The van der Waals surface area contributed by atoms with E-state index in [9.17, 15) is 4.79 Å². The Morgan fingerprint density at radius 1 is 1.45 bits per heavy atom. The number of Topliss-reactive ketones (excluding diaryl/α,β-unsaturated/α-hetero) is 1. The van der Waals surface area contributed by atoms with Gasteiger partial charge in [-0.1, -0.05) is 34.9 Å². The largest absolute Gasteiger partial charge is 0.485 e. The van der Waals surface area contributed by atoms with Gasteiger partial charge in [0.2, 0.25) is 11.7 Å². The molecule has 1 heterocycles. The van der Waals surface area contributed by atoms with Gasteiger partial charge in [0.15, 0.2) is 12.4 Å². The van der Waals surface area contributed by atoms with Crippen LogP contribution in [0.4, 0.5) is 0 Å². The molecule has 0 amide bonds. The minimum atomic E-state index is -0.0581. The Bertz CT molecular complexity index is 623. The van der Waals surface area contributed by atoms with E-state index in [0.717, 1.165) is 4.47 Å². The number of carbonyl (C=O) groups is 1. The molecule has 0 aliphatic carbocycles. The van der Waals surface area contributed by atoms with Crippen molar-refractivity contribution in [1.29, 1.82) is 0 Å². The van der Waals surface area contributed by atoms with Crippen LogP contribution in [0.25, 0.3) is 0 Å². The third-order valence-electron chi connectivity index (χ3n) is 2.66. The van der Waals surface area contributed by atoms with Gasteiger partial charge < -0.3 is 9.26 Å². The van der Waals surface area contributed by atoms with Crippen molar-refractivity contribution < 1.29 is 14.1 Å². The predicted octanol–water partition coefficient (Wildman–Crippen LogP) is 3.74. The average molecular weight is 339 g/mol. The molecule has 6 heteroatoms. The summed E-state index contributed by atoms with van der Waals surface area (Å²) in [7, 11) is 0. The van der Waals surface area contributed by atoms with Crippen LogP contribution in [0.5, 0.6) is 5.75 Å². The summed E-state index contributed by atoms with van der Waals surface area (Å²) >= 11 is 3.33. The molecule has 106 valence electrons. The molecule has 20 heavy (non-hydrogen) atoms. The van der Waals surface area contributed by atoms with Crippen LogP contribution in [0.3, 0.4) is 0 Å². The van der Waals surface area contributed by atoms with Gasteiger partial charge in [0.1, 0.15) is 5.75 Å². The summed E-state index contributed by atoms with van der Waals surface area (Å²) in [6, 6.07) is 5.29. The summed E-state index contributed by atoms with van der Waals surface area (Å²) in [5.74, 6) is 1.67. The van der Waals surface area contributed by atoms with Crippen molar-refractivity contribution in [1.82, 2.24) is 10.1 Å². The highest BCUT2D eigenvalue weighted by atomic mass is 79.9. The van der Waals surface area contributed by atoms with Gasteiger partial charge in [0, 0.05) is 10.4 Å². The molecule has 2 rings (SSSR count). The molecular formula is C14H15BrN2O3. The zero-order chi connectivity index (χ0) is 14.7. The molecule has 5 nitrogen and oxygen atoms in total. The molecule has 0 aliphatic rings. The molecule has 0 bridgehead atoms. The molecule has 1 aromatic heterocycles. The van der Waals surface area contributed by atoms with Crippen molar-refractivity contribution in [2.45, 2.75) is 33.3 Å². The molecule has 0 N–H and O–H groups in total. The number of ketones is 1. The molecule has 0 atom stereocenters. The molecule has 1 aromatic carbocycles. The van der Waals surface area contributed by atoms with E-state index in [1.807, 2.05) is 19.9 Å². The monoisotopic (exact) mass is 338 g/mol. The third-order valence-corrected chi connectivity index (χ3v) is 3.15. The van der Waals surface area contributed by atoms with Crippen molar-refractivity contribution in [3.8, 4) is 5.75 Å². The molecule has 0 radical (unpaired) electrons. The summed E-state index contributed by atoms with van der Waals surface area (Å²) < 4.78 is 11.5. The van der Waals surface area contributed by atoms with Gasteiger partial charge >= 0.3 is 0 Å². The maximum atomic E-state index is 11.6. The van der Waals surface area contributed by atoms with E-state index in [1.54, 1.807) is 12.1 Å². The maximum absolute atomic E-state index is 11.6. The van der Waals surface area contributed by atoms with Gasteiger partial charge in [-0.15, -0.1) is 0 Å². The Morgan fingerprint density at radius 3 is 2.80 bits per heavy atom. The first kappa shape index (κ1) is 14.7. The van der Waals surface area contributed by atoms with Crippen molar-refractivity contribution >= 4 is 21.7 Å². The second-order valence-corrected chi connectivity index (χ2v) is 5.60. The second-order valence-electron chi connectivity index (χ2n) is 4.69. The van der Waals surface area contributed by atoms with E-state index in [0.29, 0.717) is 23.0 Å². The van der Waals surface area contributed by atoms with Crippen LogP contribution in [-0.2, 0) is 6.61 Å². The number of hydrogen-bond acceptors (Lipinski definition) is 5. The summed E-state index contributed by atoms with van der Waals surface area (Å²) in [6.07, 6.45) is 0. The van der Waals surface area contributed by atoms with Crippen molar-refractivity contribution in [2.75, 3.05) is 0 Å². The minimum Gasteiger partial charge on any atom is -0.485 e. The summed E-state index contributed by atoms with van der Waals surface area (Å²) in [5.41, 5.74) is 0.520. The summed E-state index contributed by atoms with van der Waals surface area (Å²) in [5, 5.41) is 3.84. The topological polar surface area (TPSA) is 65.2 Å². The molecule has 2 aromatic rings. The van der Waals surface area contributed by atoms with Crippen molar-refractivity contribution in [3.05, 3.63) is 40.0 Å². The standard InChI is InChI=1S/C14H15BrN2O3/c1-8(2)14-16-13(17-20-14)7-19-12-5-4-10(15)6-11(12)9(3)18/h4-6,8H,7H2,1-3H3. The molecule has 0 fully saturated rings. The SMILES string of the molecule is CC(=O)c1cc(Br)ccc1OCc1noc(C(C)C)n1. The number of aromatic nitrogens is 2. The Labute approximate surface area is 125 Å². The number of nitrogens with zero attached hydrogens (tertiary/aromatic N) is 2. The van der Waals surface area contributed by atoms with Gasteiger partial charge in [-0.05, 0) is 25.1 Å². The first-order valence-corrected chi connectivity index (χ1v) is 7.02. The molecule has 0 spiro atoms. The van der Waals surface area contributed by atoms with E-state index >= 15 is 0 Å². The van der Waals surface area contributed by atoms with Crippen LogP contribution >= 0.6 is 15.9 Å². The highest BCUT2D eigenvalue weighted by molar-refractivity contribution is 9.10. The van der Waals surface area contributed by atoms with Gasteiger partial charge in [0.25, 0.3) is 0 Å². The second kappa shape index (κ2) is 6.17. The summed E-state index contributed by atoms with van der Waals surface area (Å²) in [6.45, 7) is 5.61. The molecule has 0 aliphatic heterocycles. The first-order valence-electron chi connectivity index (χ1n) is 6.23. The highest BCUT2D eigenvalue weighted by Crippen LogP contribution is 2.24. The van der Waals surface area contributed by atoms with Crippen LogP contribution in [0.2, 0.25) is 0 Å². The minimum absolute atomic E-state index is 0.0581. The van der Waals surface area contributed by atoms with Gasteiger partial charge in [-0.2, -0.15) is 4.98 Å². The fourth-order valence-corrected chi connectivity index (χ4v) is 1.97. The Balaban J connectivity index is 2.12. The zero-order valence-electron chi connectivity index (χ0n) is 11.5. The van der Waals surface area contributed by atoms with Gasteiger partial charge in [-0.25, -0.2) is 0 Å². The van der Waals surface area contributed by atoms with Crippen molar-refractivity contribution in [3.63, 3.8) is 0 Å². The smallest absolute Gasteiger partial charge is 0.229 e. The van der Waals surface area contributed by atoms with Gasteiger partial charge in [-0.3, -0.25) is 4.79 Å². The number of carbonyl (C=O) groups excluding carboxylic acids is 1. The van der Waals surface area contributed by atoms with Gasteiger partial charge in [0.05, 0.1) is 5.56 Å². The number of ether oxygens (including phenoxy) is 1. The van der Waals surface area contributed by atoms with E-state index < -0.39 is 0 Å². The van der Waals surface area contributed by atoms with E-state index in [4.69, 9.17) is 9.26 Å². The lowest BCUT2D eigenvalue weighted by Gasteiger charge is -2.08. The lowest BCUT2D eigenvalue weighted by atomic mass is 10.1. The van der Waals surface area contributed by atoms with Crippen LogP contribution in [0.15, 0.2) is 27.2 Å². The first-order chi connectivity index (χ1) is 9.47. The molecule has 0 unspecified atom stereocenters. The Morgan fingerprint density at radius 2 is 2.20 bits per heavy atom. The fourth-order valence-electron chi connectivity index (χ4n) is 1.61. The fraction of sp³-hybridized carbons (Fsp3) is 0.357. The Hall–Kier alpha value is -1.69. The van der Waals surface area contributed by atoms with Crippen molar-refractivity contribution in [2.24, 2.45) is 0 Å². The zero-order valence-corrected chi connectivity index (χ0v) is 13.1. The van der Waals surface area contributed by atoms with E-state index in [2.05, 4.69) is 26.1 Å². The summed E-state index contributed by atoms with van der Waals surface area (Å²) in [4.78, 5) is 15.8. The number of rotatable bonds is 5. The lowest BCUT2D eigenvalue weighted by Crippen LogP contribution is -2.03. The maximum Gasteiger partial charge on any atom is 0.229 e. The number of benzene rings is 1. The van der Waals surface area contributed by atoms with Crippen LogP contribution in [0, 0.1) is 0 Å². The number of hydrogen-bond donors (Lipinski definition) is 0. The highest BCUT2D eigenvalue weighted by Gasteiger charge is 2.13. The Kier molecular flexibility index (Phi) is 4.54. The molecular weight excluding hydrogens is 324 g/mol. The van der Waals surface area contributed by atoms with E-state index in [1.165, 1.54) is 6.92 Å². The molecule has 0 saturated carbocycles. The van der Waals surface area contributed by atoms with E-state index in [-0.39, 0.29) is 18.3 Å². The normalized spacial score (nSPS) is 10.8. The third kappa shape index (κ3) is 3.45. The quantitative estimate of drug-likeness (QED) is 0.777.